The summed E-state index contributed by atoms with van der Waals surface area (Å²) in [4.78, 5) is 82.0. The van der Waals surface area contributed by atoms with Crippen LogP contribution in [0.15, 0.2) is 0 Å². The van der Waals surface area contributed by atoms with Crippen molar-refractivity contribution in [1.29, 1.82) is 0 Å². The summed E-state index contributed by atoms with van der Waals surface area (Å²) >= 11 is 0. The van der Waals surface area contributed by atoms with Gasteiger partial charge in [0, 0.05) is 6.42 Å². The number of aliphatic carboxylic acids is 3. The van der Waals surface area contributed by atoms with Crippen LogP contribution in [0.2, 0.25) is 0 Å². The van der Waals surface area contributed by atoms with Crippen LogP contribution < -0.4 is 27.4 Å². The second-order valence-electron chi connectivity index (χ2n) is 7.64. The predicted molar refractivity (Wildman–Crippen MR) is 114 cm³/mol. The molecule has 0 bridgehead atoms. The van der Waals surface area contributed by atoms with Gasteiger partial charge in [0.2, 0.25) is 23.6 Å². The van der Waals surface area contributed by atoms with E-state index in [2.05, 4.69) is 16.0 Å². The van der Waals surface area contributed by atoms with Crippen molar-refractivity contribution in [2.24, 2.45) is 17.4 Å². The molecule has 5 atom stereocenters. The van der Waals surface area contributed by atoms with E-state index < -0.39 is 90.9 Å². The van der Waals surface area contributed by atoms with Crippen LogP contribution >= 0.6 is 0 Å². The normalized spacial score (nSPS) is 15.0. The van der Waals surface area contributed by atoms with Crippen LogP contribution in [0, 0.1) is 5.92 Å². The van der Waals surface area contributed by atoms with Gasteiger partial charge in [0.15, 0.2) is 0 Å². The lowest BCUT2D eigenvalue weighted by atomic mass is 9.98. The average Bonchev–Trinajstić information content (AvgIpc) is 2.72. The molecule has 0 rings (SSSR count). The van der Waals surface area contributed by atoms with E-state index in [0.717, 1.165) is 0 Å². The molecule has 0 aromatic carbocycles. The molecule has 192 valence electrons. The molecule has 15 nitrogen and oxygen atoms in total. The largest absolute Gasteiger partial charge is 0.481 e. The van der Waals surface area contributed by atoms with Gasteiger partial charge >= 0.3 is 17.9 Å². The van der Waals surface area contributed by atoms with Crippen LogP contribution in [0.25, 0.3) is 0 Å². The van der Waals surface area contributed by atoms with E-state index in [4.69, 9.17) is 21.7 Å². The zero-order chi connectivity index (χ0) is 26.6. The highest BCUT2D eigenvalue weighted by Crippen LogP contribution is 2.09. The zero-order valence-electron chi connectivity index (χ0n) is 18.8. The van der Waals surface area contributed by atoms with E-state index in [0.29, 0.717) is 6.42 Å². The molecule has 0 spiro atoms. The number of nitrogens with two attached hydrogens (primary N) is 2. The molecule has 0 aliphatic heterocycles. The minimum absolute atomic E-state index is 0.290. The summed E-state index contributed by atoms with van der Waals surface area (Å²) in [5, 5.41) is 33.4. The number of carbonyl (C=O) groups excluding carboxylic acids is 4. The minimum Gasteiger partial charge on any atom is -0.481 e. The maximum Gasteiger partial charge on any atom is 0.326 e. The summed E-state index contributed by atoms with van der Waals surface area (Å²) in [6, 6.07) is -6.11. The average molecular weight is 489 g/mol. The topological polar surface area (TPSA) is 268 Å². The number of primary amides is 1. The van der Waals surface area contributed by atoms with Crippen molar-refractivity contribution in [3.05, 3.63) is 0 Å². The van der Waals surface area contributed by atoms with E-state index in [-0.39, 0.29) is 6.42 Å². The highest BCUT2D eigenvalue weighted by molar-refractivity contribution is 5.97. The van der Waals surface area contributed by atoms with Crippen LogP contribution in [0.3, 0.4) is 0 Å². The van der Waals surface area contributed by atoms with Gasteiger partial charge in [-0.3, -0.25) is 28.8 Å². The van der Waals surface area contributed by atoms with Crippen LogP contribution in [0.5, 0.6) is 0 Å². The first-order valence-electron chi connectivity index (χ1n) is 10.3. The predicted octanol–water partition coefficient (Wildman–Crippen LogP) is -2.89. The third-order valence-electron chi connectivity index (χ3n) is 4.83. The van der Waals surface area contributed by atoms with E-state index >= 15 is 0 Å². The quantitative estimate of drug-likeness (QED) is 0.109. The fourth-order valence-electron chi connectivity index (χ4n) is 2.69. The second kappa shape index (κ2) is 14.4. The number of nitrogens with one attached hydrogen (secondary N) is 3. The maximum atomic E-state index is 12.6. The van der Waals surface area contributed by atoms with Crippen molar-refractivity contribution in [3.8, 4) is 0 Å². The second-order valence-corrected chi connectivity index (χ2v) is 7.64. The molecular formula is C19H31N5O10. The fourth-order valence-corrected chi connectivity index (χ4v) is 2.69. The van der Waals surface area contributed by atoms with Crippen molar-refractivity contribution >= 4 is 41.5 Å². The number of carbonyl (C=O) groups is 7. The summed E-state index contributed by atoms with van der Waals surface area (Å²) < 4.78 is 0. The standard InChI is InChI=1S/C19H31N5O10/c1-3-8(2)15(19(33)34)24-18(32)10(6-12(21)25)23-17(31)11(7-14(28)29)22-16(30)9(20)4-5-13(26)27/h8-11,15H,3-7,20H2,1-2H3,(H2,21,25)(H,22,30)(H,23,31)(H,24,32)(H,26,27)(H,28,29)(H,33,34). The molecule has 0 heterocycles. The lowest BCUT2D eigenvalue weighted by molar-refractivity contribution is -0.144. The number of hydrogen-bond acceptors (Lipinski definition) is 8. The summed E-state index contributed by atoms with van der Waals surface area (Å²) in [5.41, 5.74) is 10.7. The van der Waals surface area contributed by atoms with E-state index in [9.17, 15) is 38.7 Å². The monoisotopic (exact) mass is 489 g/mol. The number of carboxylic acids is 3. The molecule has 0 saturated carbocycles. The SMILES string of the molecule is CCC(C)C(NC(=O)C(CC(N)=O)NC(=O)C(CC(=O)O)NC(=O)C(N)CCC(=O)O)C(=O)O. The van der Waals surface area contributed by atoms with Crippen LogP contribution in [-0.2, 0) is 33.6 Å². The Balaban J connectivity index is 5.56. The lowest BCUT2D eigenvalue weighted by Gasteiger charge is -2.25. The van der Waals surface area contributed by atoms with Gasteiger partial charge in [0.1, 0.15) is 18.1 Å². The molecule has 15 heteroatoms. The molecule has 0 radical (unpaired) electrons. The van der Waals surface area contributed by atoms with Crippen LogP contribution in [0.4, 0.5) is 0 Å². The third-order valence-corrected chi connectivity index (χ3v) is 4.83. The summed E-state index contributed by atoms with van der Waals surface area (Å²) in [7, 11) is 0. The zero-order valence-corrected chi connectivity index (χ0v) is 18.8. The molecule has 0 aliphatic carbocycles. The Bertz CT molecular complexity index is 802. The molecular weight excluding hydrogens is 458 g/mol. The van der Waals surface area contributed by atoms with Gasteiger partial charge in [-0.25, -0.2) is 4.79 Å². The molecule has 0 saturated heterocycles. The Kier molecular flexibility index (Phi) is 12.8. The van der Waals surface area contributed by atoms with Gasteiger partial charge in [0.25, 0.3) is 0 Å². The Hall–Kier alpha value is -3.75. The van der Waals surface area contributed by atoms with Gasteiger partial charge in [-0.2, -0.15) is 0 Å². The Morgan fingerprint density at radius 3 is 1.74 bits per heavy atom. The van der Waals surface area contributed by atoms with Crippen molar-refractivity contribution in [2.45, 2.75) is 70.1 Å². The van der Waals surface area contributed by atoms with E-state index in [1.807, 2.05) is 0 Å². The van der Waals surface area contributed by atoms with Crippen LogP contribution in [0.1, 0.15) is 46.0 Å². The molecule has 0 aliphatic rings. The number of amides is 4. The first-order valence-corrected chi connectivity index (χ1v) is 10.3. The number of carboxylic acid groups (broad SMARTS) is 3. The highest BCUT2D eigenvalue weighted by atomic mass is 16.4. The van der Waals surface area contributed by atoms with E-state index in [1.165, 1.54) is 0 Å². The molecule has 0 aromatic heterocycles. The van der Waals surface area contributed by atoms with Gasteiger partial charge in [-0.05, 0) is 12.3 Å². The van der Waals surface area contributed by atoms with Gasteiger partial charge < -0.3 is 42.7 Å². The maximum absolute atomic E-state index is 12.6. The lowest BCUT2D eigenvalue weighted by Crippen LogP contribution is -2.58. The van der Waals surface area contributed by atoms with Gasteiger partial charge in [-0.1, -0.05) is 20.3 Å². The Morgan fingerprint density at radius 1 is 0.794 bits per heavy atom. The molecule has 0 fully saturated rings. The van der Waals surface area contributed by atoms with E-state index in [1.54, 1.807) is 13.8 Å². The summed E-state index contributed by atoms with van der Waals surface area (Å²) in [6.07, 6.45) is -2.03. The highest BCUT2D eigenvalue weighted by Gasteiger charge is 2.33. The van der Waals surface area contributed by atoms with Crippen molar-refractivity contribution < 1.29 is 48.9 Å². The fraction of sp³-hybridized carbons (Fsp3) is 0.632. The van der Waals surface area contributed by atoms with Crippen molar-refractivity contribution in [2.75, 3.05) is 0 Å². The van der Waals surface area contributed by atoms with Crippen molar-refractivity contribution in [3.63, 3.8) is 0 Å². The molecule has 4 amide bonds. The van der Waals surface area contributed by atoms with Gasteiger partial charge in [0.05, 0.1) is 18.9 Å². The first kappa shape index (κ1) is 30.2. The number of hydrogen-bond donors (Lipinski definition) is 8. The summed E-state index contributed by atoms with van der Waals surface area (Å²) in [5.74, 6) is -8.85. The minimum atomic E-state index is -1.74. The number of rotatable bonds is 16. The molecule has 10 N–H and O–H groups in total. The summed E-state index contributed by atoms with van der Waals surface area (Å²) in [6.45, 7) is 3.25. The van der Waals surface area contributed by atoms with Gasteiger partial charge in [-0.15, -0.1) is 0 Å². The Morgan fingerprint density at radius 2 is 1.29 bits per heavy atom. The molecule has 34 heavy (non-hydrogen) atoms. The smallest absolute Gasteiger partial charge is 0.326 e. The van der Waals surface area contributed by atoms with Crippen LogP contribution in [-0.4, -0.2) is 81.0 Å². The van der Waals surface area contributed by atoms with Crippen molar-refractivity contribution in [1.82, 2.24) is 16.0 Å². The Labute approximate surface area is 194 Å². The molecule has 0 aromatic rings. The third kappa shape index (κ3) is 11.2. The first-order chi connectivity index (χ1) is 15.7. The molecule has 5 unspecified atom stereocenters.